The summed E-state index contributed by atoms with van der Waals surface area (Å²) in [6, 6.07) is 7.18. The molecule has 8 nitrogen and oxygen atoms in total. The summed E-state index contributed by atoms with van der Waals surface area (Å²) in [5.41, 5.74) is 2.20. The van der Waals surface area contributed by atoms with E-state index in [-0.39, 0.29) is 0 Å². The zero-order valence-corrected chi connectivity index (χ0v) is 15.6. The number of aliphatic imine (C=N–C) groups is 1. The second-order valence-corrected chi connectivity index (χ2v) is 7.31. The highest BCUT2D eigenvalue weighted by Gasteiger charge is 2.09. The number of guanidine groups is 1. The highest BCUT2D eigenvalue weighted by Crippen LogP contribution is 2.15. The van der Waals surface area contributed by atoms with E-state index in [9.17, 15) is 8.42 Å². The van der Waals surface area contributed by atoms with E-state index in [1.165, 1.54) is 0 Å². The molecular formula is C16H23N5O3S. The minimum absolute atomic E-state index is 0.400. The van der Waals surface area contributed by atoms with Crippen molar-refractivity contribution >= 4 is 21.7 Å². The Kier molecular flexibility index (Phi) is 6.02. The van der Waals surface area contributed by atoms with Crippen LogP contribution in [0.25, 0.3) is 0 Å². The Balaban J connectivity index is 1.97. The van der Waals surface area contributed by atoms with Crippen molar-refractivity contribution in [3.8, 4) is 0 Å². The molecule has 1 aromatic heterocycles. The summed E-state index contributed by atoms with van der Waals surface area (Å²) in [5, 5.41) is 6.25. The van der Waals surface area contributed by atoms with Crippen LogP contribution in [0.15, 0.2) is 33.7 Å². The number of aryl methyl sites for hydroxylation is 2. The molecule has 0 aliphatic carbocycles. The molecule has 0 aliphatic heterocycles. The number of sulfonamides is 1. The molecule has 0 aliphatic rings. The van der Waals surface area contributed by atoms with Crippen LogP contribution in [0.4, 0.5) is 5.69 Å². The van der Waals surface area contributed by atoms with Crippen molar-refractivity contribution in [1.82, 2.24) is 15.6 Å². The van der Waals surface area contributed by atoms with Gasteiger partial charge in [0.25, 0.3) is 0 Å². The first-order chi connectivity index (χ1) is 11.8. The van der Waals surface area contributed by atoms with E-state index in [4.69, 9.17) is 4.42 Å². The van der Waals surface area contributed by atoms with Crippen molar-refractivity contribution in [3.63, 3.8) is 0 Å². The molecule has 25 heavy (non-hydrogen) atoms. The number of oxazole rings is 1. The molecule has 0 saturated carbocycles. The lowest BCUT2D eigenvalue weighted by Gasteiger charge is -2.14. The van der Waals surface area contributed by atoms with Crippen LogP contribution in [-0.2, 0) is 23.1 Å². The molecule has 9 heteroatoms. The summed E-state index contributed by atoms with van der Waals surface area (Å²) in [6.07, 6.45) is 1.12. The van der Waals surface area contributed by atoms with Crippen molar-refractivity contribution in [2.75, 3.05) is 18.0 Å². The predicted octanol–water partition coefficient (Wildman–Crippen LogP) is 1.53. The SMILES string of the molecule is CN=C(NCc1nc(C)c(C)o1)NCc1ccccc1NS(C)(=O)=O. The Morgan fingerprint density at radius 1 is 1.20 bits per heavy atom. The maximum absolute atomic E-state index is 11.5. The van der Waals surface area contributed by atoms with Gasteiger partial charge in [-0.1, -0.05) is 18.2 Å². The van der Waals surface area contributed by atoms with E-state index in [0.29, 0.717) is 30.6 Å². The zero-order chi connectivity index (χ0) is 18.4. The molecule has 0 unspecified atom stereocenters. The predicted molar refractivity (Wildman–Crippen MR) is 97.9 cm³/mol. The van der Waals surface area contributed by atoms with Crippen molar-refractivity contribution < 1.29 is 12.8 Å². The number of nitrogens with zero attached hydrogens (tertiary/aromatic N) is 2. The Bertz CT molecular complexity index is 839. The Morgan fingerprint density at radius 3 is 2.48 bits per heavy atom. The smallest absolute Gasteiger partial charge is 0.229 e. The first kappa shape index (κ1) is 18.8. The average Bonchev–Trinajstić information content (AvgIpc) is 2.86. The molecule has 0 saturated heterocycles. The van der Waals surface area contributed by atoms with Crippen LogP contribution < -0.4 is 15.4 Å². The largest absolute Gasteiger partial charge is 0.444 e. The quantitative estimate of drug-likeness (QED) is 0.529. The van der Waals surface area contributed by atoms with Crippen LogP contribution >= 0.6 is 0 Å². The van der Waals surface area contributed by atoms with Gasteiger partial charge in [0.1, 0.15) is 5.76 Å². The highest BCUT2D eigenvalue weighted by molar-refractivity contribution is 7.92. The van der Waals surface area contributed by atoms with Crippen LogP contribution in [0.5, 0.6) is 0 Å². The van der Waals surface area contributed by atoms with Crippen LogP contribution in [-0.4, -0.2) is 32.7 Å². The van der Waals surface area contributed by atoms with E-state index in [1.54, 1.807) is 19.2 Å². The third-order valence-corrected chi connectivity index (χ3v) is 4.05. The number of anilines is 1. The molecule has 2 aromatic rings. The minimum atomic E-state index is -3.34. The van der Waals surface area contributed by atoms with E-state index < -0.39 is 10.0 Å². The maximum atomic E-state index is 11.5. The van der Waals surface area contributed by atoms with Gasteiger partial charge in [-0.3, -0.25) is 9.71 Å². The fourth-order valence-corrected chi connectivity index (χ4v) is 2.75. The van der Waals surface area contributed by atoms with E-state index in [0.717, 1.165) is 23.3 Å². The molecule has 0 amide bonds. The van der Waals surface area contributed by atoms with Gasteiger partial charge in [-0.25, -0.2) is 13.4 Å². The molecule has 0 radical (unpaired) electrons. The normalized spacial score (nSPS) is 12.1. The minimum Gasteiger partial charge on any atom is -0.444 e. The van der Waals surface area contributed by atoms with Gasteiger partial charge in [0.15, 0.2) is 5.96 Å². The monoisotopic (exact) mass is 365 g/mol. The van der Waals surface area contributed by atoms with Gasteiger partial charge in [0, 0.05) is 13.6 Å². The summed E-state index contributed by atoms with van der Waals surface area (Å²) in [5.74, 6) is 1.93. The number of hydrogen-bond acceptors (Lipinski definition) is 5. The Morgan fingerprint density at radius 2 is 1.88 bits per heavy atom. The summed E-state index contributed by atoms with van der Waals surface area (Å²) in [7, 11) is -1.68. The summed E-state index contributed by atoms with van der Waals surface area (Å²) < 4.78 is 30.9. The van der Waals surface area contributed by atoms with Crippen LogP contribution in [0.3, 0.4) is 0 Å². The second-order valence-electron chi connectivity index (χ2n) is 5.56. The van der Waals surface area contributed by atoms with Gasteiger partial charge in [-0.15, -0.1) is 0 Å². The zero-order valence-electron chi connectivity index (χ0n) is 14.8. The molecule has 1 heterocycles. The molecule has 2 rings (SSSR count). The molecule has 0 atom stereocenters. The van der Waals surface area contributed by atoms with E-state index in [2.05, 4.69) is 25.3 Å². The van der Waals surface area contributed by atoms with Gasteiger partial charge in [-0.2, -0.15) is 0 Å². The number of benzene rings is 1. The molecular weight excluding hydrogens is 342 g/mol. The van der Waals surface area contributed by atoms with Crippen LogP contribution in [0.1, 0.15) is 22.9 Å². The van der Waals surface area contributed by atoms with Crippen LogP contribution in [0.2, 0.25) is 0 Å². The lowest BCUT2D eigenvalue weighted by molar-refractivity contribution is 0.463. The van der Waals surface area contributed by atoms with Gasteiger partial charge >= 0.3 is 0 Å². The lowest BCUT2D eigenvalue weighted by atomic mass is 10.2. The number of para-hydroxylation sites is 1. The van der Waals surface area contributed by atoms with Crippen molar-refractivity contribution in [2.45, 2.75) is 26.9 Å². The molecule has 0 fully saturated rings. The number of aromatic nitrogens is 1. The number of hydrogen-bond donors (Lipinski definition) is 3. The van der Waals surface area contributed by atoms with Gasteiger partial charge in [-0.05, 0) is 25.5 Å². The first-order valence-corrected chi connectivity index (χ1v) is 9.60. The topological polar surface area (TPSA) is 109 Å². The summed E-state index contributed by atoms with van der Waals surface area (Å²) in [4.78, 5) is 8.44. The summed E-state index contributed by atoms with van der Waals surface area (Å²) >= 11 is 0. The van der Waals surface area contributed by atoms with Gasteiger partial charge < -0.3 is 15.1 Å². The lowest BCUT2D eigenvalue weighted by Crippen LogP contribution is -2.36. The second kappa shape index (κ2) is 8.02. The maximum Gasteiger partial charge on any atom is 0.229 e. The molecule has 0 bridgehead atoms. The molecule has 0 spiro atoms. The fraction of sp³-hybridized carbons (Fsp3) is 0.375. The fourth-order valence-electron chi connectivity index (χ4n) is 2.15. The average molecular weight is 365 g/mol. The van der Waals surface area contributed by atoms with Gasteiger partial charge in [0.2, 0.25) is 15.9 Å². The number of rotatable bonds is 6. The summed E-state index contributed by atoms with van der Waals surface area (Å²) in [6.45, 7) is 4.56. The first-order valence-electron chi connectivity index (χ1n) is 7.71. The highest BCUT2D eigenvalue weighted by atomic mass is 32.2. The van der Waals surface area contributed by atoms with Crippen molar-refractivity contribution in [1.29, 1.82) is 0 Å². The Labute approximate surface area is 147 Å². The van der Waals surface area contributed by atoms with E-state index >= 15 is 0 Å². The van der Waals surface area contributed by atoms with Crippen molar-refractivity contribution in [3.05, 3.63) is 47.2 Å². The van der Waals surface area contributed by atoms with E-state index in [1.807, 2.05) is 26.0 Å². The number of nitrogens with one attached hydrogen (secondary N) is 3. The van der Waals surface area contributed by atoms with Gasteiger partial charge in [0.05, 0.1) is 24.2 Å². The molecule has 136 valence electrons. The van der Waals surface area contributed by atoms with Crippen molar-refractivity contribution in [2.24, 2.45) is 4.99 Å². The standard InChI is InChI=1S/C16H23N5O3S/c1-11-12(2)24-15(20-11)10-19-16(17-3)18-9-13-7-5-6-8-14(13)21-25(4,22)23/h5-8,21H,9-10H2,1-4H3,(H2,17,18,19). The van der Waals surface area contributed by atoms with Crippen LogP contribution in [0, 0.1) is 13.8 Å². The third-order valence-electron chi connectivity index (χ3n) is 3.46. The molecule has 3 N–H and O–H groups in total. The third kappa shape index (κ3) is 5.79. The molecule has 1 aromatic carbocycles. The Hall–Kier alpha value is -2.55.